The van der Waals surface area contributed by atoms with Crippen LogP contribution in [-0.4, -0.2) is 20.8 Å². The predicted octanol–water partition coefficient (Wildman–Crippen LogP) is 2.16. The topological polar surface area (TPSA) is 55.2 Å². The van der Waals surface area contributed by atoms with Crippen molar-refractivity contribution in [1.29, 1.82) is 0 Å². The first-order chi connectivity index (χ1) is 8.33. The van der Waals surface area contributed by atoms with Crippen molar-refractivity contribution in [3.63, 3.8) is 0 Å². The summed E-state index contributed by atoms with van der Waals surface area (Å²) in [5.41, 5.74) is 1.40. The van der Waals surface area contributed by atoms with E-state index in [4.69, 9.17) is 4.74 Å². The van der Waals surface area contributed by atoms with Gasteiger partial charge in [0.25, 0.3) is 0 Å². The Kier molecular flexibility index (Phi) is 2.78. The summed E-state index contributed by atoms with van der Waals surface area (Å²) in [7, 11) is 0. The summed E-state index contributed by atoms with van der Waals surface area (Å²) < 4.78 is 9.38. The smallest absolute Gasteiger partial charge is 0.124 e. The summed E-state index contributed by atoms with van der Waals surface area (Å²) in [6.45, 7) is 0. The Morgan fingerprint density at radius 2 is 2.06 bits per heavy atom. The van der Waals surface area contributed by atoms with E-state index in [0.29, 0.717) is 11.8 Å². The summed E-state index contributed by atoms with van der Waals surface area (Å²) in [4.78, 5) is 0. The van der Waals surface area contributed by atoms with Crippen LogP contribution in [0.15, 0.2) is 29.6 Å². The Morgan fingerprint density at radius 3 is 2.65 bits per heavy atom. The van der Waals surface area contributed by atoms with E-state index in [2.05, 4.69) is 9.59 Å². The third-order valence-corrected chi connectivity index (χ3v) is 3.20. The van der Waals surface area contributed by atoms with Gasteiger partial charge in [0, 0.05) is 5.38 Å². The highest BCUT2D eigenvalue weighted by Crippen LogP contribution is 2.28. The number of hydrogen-bond acceptors (Lipinski definition) is 5. The summed E-state index contributed by atoms with van der Waals surface area (Å²) in [5.74, 6) is 0.861. The monoisotopic (exact) mass is 248 g/mol. The highest BCUT2D eigenvalue weighted by atomic mass is 32.1. The van der Waals surface area contributed by atoms with Crippen LogP contribution in [0.25, 0.3) is 0 Å². The maximum atomic E-state index is 10.0. The molecule has 3 rings (SSSR count). The van der Waals surface area contributed by atoms with Crippen LogP contribution in [-0.2, 0) is 0 Å². The molecular weight excluding hydrogens is 236 g/mol. The molecule has 0 spiro atoms. The van der Waals surface area contributed by atoms with Crippen LogP contribution in [0.4, 0.5) is 0 Å². The Hall–Kier alpha value is -1.46. The molecule has 5 heteroatoms. The van der Waals surface area contributed by atoms with Crippen molar-refractivity contribution in [2.24, 2.45) is 0 Å². The van der Waals surface area contributed by atoms with Crippen molar-refractivity contribution >= 4 is 11.5 Å². The van der Waals surface area contributed by atoms with Crippen LogP contribution in [0, 0.1) is 0 Å². The van der Waals surface area contributed by atoms with Gasteiger partial charge >= 0.3 is 0 Å². The number of aliphatic hydroxyl groups excluding tert-OH is 1. The first kappa shape index (κ1) is 10.7. The van der Waals surface area contributed by atoms with E-state index in [1.54, 1.807) is 5.38 Å². The molecule has 2 aromatic rings. The molecule has 0 bridgehead atoms. The zero-order valence-electron chi connectivity index (χ0n) is 9.11. The average Bonchev–Trinajstić information content (AvgIpc) is 3.00. The van der Waals surface area contributed by atoms with Gasteiger partial charge in [0.1, 0.15) is 17.5 Å². The van der Waals surface area contributed by atoms with E-state index >= 15 is 0 Å². The second kappa shape index (κ2) is 4.43. The van der Waals surface area contributed by atoms with Crippen LogP contribution in [0.1, 0.15) is 30.2 Å². The Balaban J connectivity index is 1.74. The van der Waals surface area contributed by atoms with Crippen molar-refractivity contribution in [3.8, 4) is 5.75 Å². The molecule has 1 N–H and O–H groups in total. The van der Waals surface area contributed by atoms with E-state index in [0.717, 1.165) is 24.2 Å². The van der Waals surface area contributed by atoms with E-state index in [-0.39, 0.29) is 0 Å². The Bertz CT molecular complexity index is 480. The van der Waals surface area contributed by atoms with E-state index < -0.39 is 6.10 Å². The minimum absolute atomic E-state index is 0.397. The van der Waals surface area contributed by atoms with Crippen LogP contribution < -0.4 is 4.74 Å². The summed E-state index contributed by atoms with van der Waals surface area (Å²) >= 11 is 1.24. The zero-order chi connectivity index (χ0) is 11.7. The van der Waals surface area contributed by atoms with Crippen molar-refractivity contribution < 1.29 is 9.84 Å². The van der Waals surface area contributed by atoms with E-state index in [1.165, 1.54) is 11.5 Å². The molecule has 17 heavy (non-hydrogen) atoms. The van der Waals surface area contributed by atoms with Crippen molar-refractivity contribution in [1.82, 2.24) is 9.59 Å². The van der Waals surface area contributed by atoms with Gasteiger partial charge in [0.2, 0.25) is 0 Å². The molecule has 4 nitrogen and oxygen atoms in total. The molecule has 1 unspecified atom stereocenters. The molecule has 0 amide bonds. The molecule has 0 aliphatic heterocycles. The molecule has 1 saturated carbocycles. The number of aromatic nitrogens is 2. The first-order valence-electron chi connectivity index (χ1n) is 5.54. The van der Waals surface area contributed by atoms with Crippen molar-refractivity contribution in [2.45, 2.75) is 25.0 Å². The van der Waals surface area contributed by atoms with Crippen molar-refractivity contribution in [3.05, 3.63) is 40.9 Å². The van der Waals surface area contributed by atoms with Gasteiger partial charge in [-0.3, -0.25) is 0 Å². The Morgan fingerprint density at radius 1 is 1.29 bits per heavy atom. The molecule has 0 saturated heterocycles. The third kappa shape index (κ3) is 2.45. The maximum Gasteiger partial charge on any atom is 0.124 e. The second-order valence-corrected chi connectivity index (χ2v) is 4.73. The van der Waals surface area contributed by atoms with Gasteiger partial charge in [-0.25, -0.2) is 0 Å². The van der Waals surface area contributed by atoms with Gasteiger partial charge in [-0.05, 0) is 42.1 Å². The molecule has 1 heterocycles. The average molecular weight is 248 g/mol. The number of hydrogen-bond donors (Lipinski definition) is 1. The maximum absolute atomic E-state index is 10.0. The van der Waals surface area contributed by atoms with Gasteiger partial charge in [0.15, 0.2) is 0 Å². The number of rotatable bonds is 4. The lowest BCUT2D eigenvalue weighted by Crippen LogP contribution is -2.01. The molecular formula is C12H12N2O2S. The molecule has 1 fully saturated rings. The zero-order valence-corrected chi connectivity index (χ0v) is 9.93. The normalized spacial score (nSPS) is 16.8. The summed E-state index contributed by atoms with van der Waals surface area (Å²) in [5, 5.41) is 15.6. The van der Waals surface area contributed by atoms with Gasteiger partial charge in [-0.1, -0.05) is 16.6 Å². The lowest BCUT2D eigenvalue weighted by molar-refractivity contribution is 0.215. The standard InChI is InChI=1S/C12H12N2O2S/c15-12(11-7-17-14-13-11)8-1-3-9(4-2-8)16-10-5-6-10/h1-4,7,10,12,15H,5-6H2. The summed E-state index contributed by atoms with van der Waals surface area (Å²) in [6.07, 6.45) is 1.99. The fourth-order valence-electron chi connectivity index (χ4n) is 1.57. The number of ether oxygens (including phenoxy) is 1. The first-order valence-corrected chi connectivity index (χ1v) is 6.38. The van der Waals surface area contributed by atoms with Gasteiger partial charge in [0.05, 0.1) is 6.10 Å². The van der Waals surface area contributed by atoms with Gasteiger partial charge < -0.3 is 9.84 Å². The Labute approximate surface area is 103 Å². The minimum atomic E-state index is -0.705. The van der Waals surface area contributed by atoms with Gasteiger partial charge in [-0.15, -0.1) is 5.10 Å². The lowest BCUT2D eigenvalue weighted by atomic mass is 10.1. The number of benzene rings is 1. The molecule has 1 atom stereocenters. The second-order valence-electron chi connectivity index (χ2n) is 4.12. The van der Waals surface area contributed by atoms with E-state index in [9.17, 15) is 5.11 Å². The summed E-state index contributed by atoms with van der Waals surface area (Å²) in [6, 6.07) is 7.50. The predicted molar refractivity (Wildman–Crippen MR) is 64.1 cm³/mol. The highest BCUT2D eigenvalue weighted by Gasteiger charge is 2.23. The lowest BCUT2D eigenvalue weighted by Gasteiger charge is -2.09. The largest absolute Gasteiger partial charge is 0.490 e. The SMILES string of the molecule is OC(c1ccc(OC2CC2)cc1)c1csnn1. The fourth-order valence-corrected chi connectivity index (χ4v) is 2.04. The van der Waals surface area contributed by atoms with Crippen LogP contribution in [0.5, 0.6) is 5.75 Å². The van der Waals surface area contributed by atoms with Crippen LogP contribution >= 0.6 is 11.5 Å². The fraction of sp³-hybridized carbons (Fsp3) is 0.333. The quantitative estimate of drug-likeness (QED) is 0.900. The molecule has 1 aromatic carbocycles. The van der Waals surface area contributed by atoms with Crippen molar-refractivity contribution in [2.75, 3.05) is 0 Å². The van der Waals surface area contributed by atoms with Crippen LogP contribution in [0.3, 0.4) is 0 Å². The molecule has 1 aliphatic carbocycles. The molecule has 1 aliphatic rings. The number of nitrogens with zero attached hydrogens (tertiary/aromatic N) is 2. The van der Waals surface area contributed by atoms with Gasteiger partial charge in [-0.2, -0.15) is 0 Å². The molecule has 0 radical (unpaired) electrons. The molecule has 1 aromatic heterocycles. The number of aliphatic hydroxyl groups is 1. The van der Waals surface area contributed by atoms with E-state index in [1.807, 2.05) is 24.3 Å². The van der Waals surface area contributed by atoms with Crippen LogP contribution in [0.2, 0.25) is 0 Å². The molecule has 88 valence electrons. The third-order valence-electron chi connectivity index (χ3n) is 2.68. The highest BCUT2D eigenvalue weighted by molar-refractivity contribution is 7.03. The minimum Gasteiger partial charge on any atom is -0.490 e.